The molecule has 1 unspecified atom stereocenters. The highest BCUT2D eigenvalue weighted by atomic mass is 32.2. The third kappa shape index (κ3) is 1.92. The molecule has 0 bridgehead atoms. The standard InChI is InChI=1S/C10H15NOS/c1-13-7-4-9-10-8(2-5-11-9)3-6-12-10/h3,6,9,11H,2,4-5,7H2,1H3. The molecule has 0 aromatic carbocycles. The van der Waals surface area contributed by atoms with Gasteiger partial charge in [-0.05, 0) is 43.0 Å². The van der Waals surface area contributed by atoms with E-state index in [4.69, 9.17) is 4.42 Å². The van der Waals surface area contributed by atoms with Crippen molar-refractivity contribution in [2.45, 2.75) is 18.9 Å². The van der Waals surface area contributed by atoms with E-state index in [0.717, 1.165) is 13.0 Å². The van der Waals surface area contributed by atoms with Gasteiger partial charge >= 0.3 is 0 Å². The van der Waals surface area contributed by atoms with E-state index in [1.807, 2.05) is 18.0 Å². The first kappa shape index (κ1) is 9.16. The van der Waals surface area contributed by atoms with Gasteiger partial charge in [-0.2, -0.15) is 11.8 Å². The fourth-order valence-electron chi connectivity index (χ4n) is 1.80. The highest BCUT2D eigenvalue weighted by molar-refractivity contribution is 7.98. The largest absolute Gasteiger partial charge is 0.467 e. The summed E-state index contributed by atoms with van der Waals surface area (Å²) in [4.78, 5) is 0. The number of rotatable bonds is 3. The highest BCUT2D eigenvalue weighted by Crippen LogP contribution is 2.26. The van der Waals surface area contributed by atoms with E-state index in [2.05, 4.69) is 17.6 Å². The zero-order valence-corrected chi connectivity index (χ0v) is 8.69. The molecule has 0 aliphatic carbocycles. The van der Waals surface area contributed by atoms with Gasteiger partial charge < -0.3 is 9.73 Å². The van der Waals surface area contributed by atoms with Gasteiger partial charge in [-0.3, -0.25) is 0 Å². The van der Waals surface area contributed by atoms with Crippen molar-refractivity contribution in [3.05, 3.63) is 23.7 Å². The first-order valence-corrected chi connectivity index (χ1v) is 6.10. The summed E-state index contributed by atoms with van der Waals surface area (Å²) < 4.78 is 5.49. The minimum atomic E-state index is 0.450. The third-order valence-electron chi connectivity index (χ3n) is 2.49. The van der Waals surface area contributed by atoms with Crippen LogP contribution in [0.3, 0.4) is 0 Å². The summed E-state index contributed by atoms with van der Waals surface area (Å²) in [5.74, 6) is 2.36. The second-order valence-corrected chi connectivity index (χ2v) is 4.33. The molecule has 72 valence electrons. The maximum absolute atomic E-state index is 5.49. The van der Waals surface area contributed by atoms with E-state index in [1.54, 1.807) is 0 Å². The van der Waals surface area contributed by atoms with E-state index in [-0.39, 0.29) is 0 Å². The number of hydrogen-bond acceptors (Lipinski definition) is 3. The van der Waals surface area contributed by atoms with Gasteiger partial charge in [0, 0.05) is 0 Å². The summed E-state index contributed by atoms with van der Waals surface area (Å²) in [6.45, 7) is 1.09. The Bertz CT molecular complexity index is 272. The molecular formula is C10H15NOS. The van der Waals surface area contributed by atoms with Crippen LogP contribution in [0.2, 0.25) is 0 Å². The molecule has 3 heteroatoms. The number of nitrogens with one attached hydrogen (secondary N) is 1. The Hall–Kier alpha value is -0.410. The second-order valence-electron chi connectivity index (χ2n) is 3.35. The quantitative estimate of drug-likeness (QED) is 0.804. The van der Waals surface area contributed by atoms with Crippen LogP contribution in [-0.4, -0.2) is 18.6 Å². The topological polar surface area (TPSA) is 25.2 Å². The van der Waals surface area contributed by atoms with Crippen LogP contribution in [-0.2, 0) is 6.42 Å². The first-order valence-electron chi connectivity index (χ1n) is 4.70. The zero-order chi connectivity index (χ0) is 9.10. The van der Waals surface area contributed by atoms with Gasteiger partial charge in [0.2, 0.25) is 0 Å². The molecule has 1 aromatic rings. The van der Waals surface area contributed by atoms with Crippen LogP contribution in [0.15, 0.2) is 16.7 Å². The number of thioether (sulfide) groups is 1. The fraction of sp³-hybridized carbons (Fsp3) is 0.600. The minimum absolute atomic E-state index is 0.450. The van der Waals surface area contributed by atoms with Crippen molar-refractivity contribution < 1.29 is 4.42 Å². The molecule has 13 heavy (non-hydrogen) atoms. The van der Waals surface area contributed by atoms with Gasteiger partial charge in [0.1, 0.15) is 5.76 Å². The molecule has 0 fully saturated rings. The van der Waals surface area contributed by atoms with Crippen molar-refractivity contribution in [1.82, 2.24) is 5.32 Å². The van der Waals surface area contributed by atoms with E-state index >= 15 is 0 Å². The molecule has 0 radical (unpaired) electrons. The van der Waals surface area contributed by atoms with Gasteiger partial charge in [-0.15, -0.1) is 0 Å². The third-order valence-corrected chi connectivity index (χ3v) is 3.14. The Morgan fingerprint density at radius 2 is 2.62 bits per heavy atom. The average molecular weight is 197 g/mol. The Balaban J connectivity index is 2.07. The van der Waals surface area contributed by atoms with Crippen LogP contribution in [0.5, 0.6) is 0 Å². The molecular weight excluding hydrogens is 182 g/mol. The summed E-state index contributed by atoms with van der Waals surface area (Å²) in [5.41, 5.74) is 1.39. The zero-order valence-electron chi connectivity index (χ0n) is 7.88. The Labute approximate surface area is 83.1 Å². The molecule has 1 atom stereocenters. The lowest BCUT2D eigenvalue weighted by Crippen LogP contribution is -2.29. The summed E-state index contributed by atoms with van der Waals surface area (Å²) in [6.07, 6.45) is 6.24. The van der Waals surface area contributed by atoms with Crippen LogP contribution < -0.4 is 5.32 Å². The van der Waals surface area contributed by atoms with Crippen LogP contribution in [0.4, 0.5) is 0 Å². The predicted molar refractivity (Wildman–Crippen MR) is 56.2 cm³/mol. The van der Waals surface area contributed by atoms with Crippen molar-refractivity contribution in [2.24, 2.45) is 0 Å². The smallest absolute Gasteiger partial charge is 0.123 e. The summed E-state index contributed by atoms with van der Waals surface area (Å²) in [6, 6.07) is 2.55. The van der Waals surface area contributed by atoms with Gasteiger partial charge in [-0.1, -0.05) is 0 Å². The van der Waals surface area contributed by atoms with E-state index in [9.17, 15) is 0 Å². The van der Waals surface area contributed by atoms with Crippen molar-refractivity contribution in [2.75, 3.05) is 18.6 Å². The number of hydrogen-bond donors (Lipinski definition) is 1. The normalized spacial score (nSPS) is 21.5. The lowest BCUT2D eigenvalue weighted by molar-refractivity contribution is 0.385. The van der Waals surface area contributed by atoms with Crippen molar-refractivity contribution in [3.63, 3.8) is 0 Å². The van der Waals surface area contributed by atoms with Crippen LogP contribution in [0, 0.1) is 0 Å². The molecule has 0 spiro atoms. The fourth-order valence-corrected chi connectivity index (χ4v) is 2.27. The van der Waals surface area contributed by atoms with E-state index < -0.39 is 0 Å². The molecule has 2 rings (SSSR count). The van der Waals surface area contributed by atoms with E-state index in [0.29, 0.717) is 6.04 Å². The minimum Gasteiger partial charge on any atom is -0.467 e. The van der Waals surface area contributed by atoms with Gasteiger partial charge in [0.05, 0.1) is 12.3 Å². The lowest BCUT2D eigenvalue weighted by atomic mass is 10.0. The number of fused-ring (bicyclic) bond motifs is 1. The number of furan rings is 1. The summed E-state index contributed by atoms with van der Waals surface area (Å²) in [7, 11) is 0. The molecule has 0 saturated carbocycles. The maximum atomic E-state index is 5.49. The molecule has 2 nitrogen and oxygen atoms in total. The van der Waals surface area contributed by atoms with Crippen LogP contribution in [0.1, 0.15) is 23.8 Å². The first-order chi connectivity index (χ1) is 6.42. The highest BCUT2D eigenvalue weighted by Gasteiger charge is 2.21. The molecule has 1 aliphatic heterocycles. The summed E-state index contributed by atoms with van der Waals surface area (Å²) in [5, 5.41) is 3.49. The van der Waals surface area contributed by atoms with Gasteiger partial charge in [0.15, 0.2) is 0 Å². The van der Waals surface area contributed by atoms with Crippen molar-refractivity contribution in [1.29, 1.82) is 0 Å². The van der Waals surface area contributed by atoms with Gasteiger partial charge in [-0.25, -0.2) is 0 Å². The predicted octanol–water partition coefficient (Wildman–Crippen LogP) is 2.22. The van der Waals surface area contributed by atoms with Crippen LogP contribution >= 0.6 is 11.8 Å². The Kier molecular flexibility index (Phi) is 2.96. The Morgan fingerprint density at radius 3 is 3.46 bits per heavy atom. The Morgan fingerprint density at radius 1 is 1.69 bits per heavy atom. The summed E-state index contributed by atoms with van der Waals surface area (Å²) >= 11 is 1.89. The van der Waals surface area contributed by atoms with Gasteiger partial charge in [0.25, 0.3) is 0 Å². The van der Waals surface area contributed by atoms with Crippen molar-refractivity contribution >= 4 is 11.8 Å². The molecule has 1 aliphatic rings. The maximum Gasteiger partial charge on any atom is 0.123 e. The van der Waals surface area contributed by atoms with Crippen molar-refractivity contribution in [3.8, 4) is 0 Å². The lowest BCUT2D eigenvalue weighted by Gasteiger charge is -2.22. The molecule has 1 N–H and O–H groups in total. The second kappa shape index (κ2) is 4.20. The monoisotopic (exact) mass is 197 g/mol. The molecule has 0 saturated heterocycles. The molecule has 1 aromatic heterocycles. The SMILES string of the molecule is CSCCC1NCCc2ccoc21. The average Bonchev–Trinajstić information content (AvgIpc) is 2.62. The molecule has 2 heterocycles. The van der Waals surface area contributed by atoms with E-state index in [1.165, 1.54) is 23.5 Å². The van der Waals surface area contributed by atoms with Crippen LogP contribution in [0.25, 0.3) is 0 Å². The molecule has 0 amide bonds.